The van der Waals surface area contributed by atoms with Crippen molar-refractivity contribution in [3.8, 4) is 0 Å². The third kappa shape index (κ3) is 5.33. The van der Waals surface area contributed by atoms with Crippen molar-refractivity contribution < 1.29 is 8.42 Å². The van der Waals surface area contributed by atoms with Crippen LogP contribution in [0, 0.1) is 5.92 Å². The lowest BCUT2D eigenvalue weighted by Crippen LogP contribution is -2.33. The van der Waals surface area contributed by atoms with Crippen molar-refractivity contribution in [2.24, 2.45) is 5.92 Å². The minimum atomic E-state index is -3.37. The summed E-state index contributed by atoms with van der Waals surface area (Å²) < 4.78 is 27.6. The molecule has 7 heteroatoms. The summed E-state index contributed by atoms with van der Waals surface area (Å²) in [6.07, 6.45) is 3.26. The first-order chi connectivity index (χ1) is 9.08. The molecular weight excluding hydrogens is 364 g/mol. The number of sulfonamides is 1. The van der Waals surface area contributed by atoms with Crippen LogP contribution in [0.3, 0.4) is 0 Å². The molecule has 2 rings (SSSR count). The fourth-order valence-corrected chi connectivity index (χ4v) is 3.58. The molecular formula is C13H20BrClN2O2S. The molecule has 0 amide bonds. The second-order valence-corrected chi connectivity index (χ2v) is 7.54. The van der Waals surface area contributed by atoms with Gasteiger partial charge in [0.05, 0.1) is 4.90 Å². The van der Waals surface area contributed by atoms with Crippen LogP contribution >= 0.6 is 28.3 Å². The van der Waals surface area contributed by atoms with Gasteiger partial charge in [-0.1, -0.05) is 15.9 Å². The maximum absolute atomic E-state index is 12.0. The van der Waals surface area contributed by atoms with Crippen LogP contribution in [-0.2, 0) is 10.0 Å². The first-order valence-corrected chi connectivity index (χ1v) is 8.81. The van der Waals surface area contributed by atoms with Gasteiger partial charge >= 0.3 is 0 Å². The smallest absolute Gasteiger partial charge is 0.240 e. The van der Waals surface area contributed by atoms with Gasteiger partial charge in [0.1, 0.15) is 0 Å². The van der Waals surface area contributed by atoms with E-state index in [4.69, 9.17) is 0 Å². The van der Waals surface area contributed by atoms with E-state index in [1.165, 1.54) is 12.8 Å². The van der Waals surface area contributed by atoms with Crippen molar-refractivity contribution in [1.82, 2.24) is 10.0 Å². The van der Waals surface area contributed by atoms with Gasteiger partial charge in [0.15, 0.2) is 0 Å². The Morgan fingerprint density at radius 1 is 1.30 bits per heavy atom. The quantitative estimate of drug-likeness (QED) is 0.821. The molecule has 0 aliphatic carbocycles. The second-order valence-electron chi connectivity index (χ2n) is 4.85. The SMILES string of the molecule is Cl.O=S(=O)(NCCC1CCCNC1)c1ccc(Br)cc1. The predicted octanol–water partition coefficient (Wildman–Crippen LogP) is 2.54. The Hall–Kier alpha value is -0.140. The van der Waals surface area contributed by atoms with E-state index in [0.29, 0.717) is 17.4 Å². The molecule has 0 spiro atoms. The molecule has 1 unspecified atom stereocenters. The molecule has 0 saturated carbocycles. The Morgan fingerprint density at radius 2 is 2.00 bits per heavy atom. The zero-order chi connectivity index (χ0) is 13.7. The summed E-state index contributed by atoms with van der Waals surface area (Å²) >= 11 is 3.29. The van der Waals surface area contributed by atoms with Gasteiger partial charge in [0.2, 0.25) is 10.0 Å². The molecule has 1 atom stereocenters. The Kier molecular flexibility index (Phi) is 7.47. The van der Waals surface area contributed by atoms with Crippen molar-refractivity contribution in [3.05, 3.63) is 28.7 Å². The minimum absolute atomic E-state index is 0. The third-order valence-corrected chi connectivity index (χ3v) is 5.37. The Morgan fingerprint density at radius 3 is 2.60 bits per heavy atom. The summed E-state index contributed by atoms with van der Waals surface area (Å²) in [5.74, 6) is 0.585. The van der Waals surface area contributed by atoms with Crippen LogP contribution in [0.5, 0.6) is 0 Å². The molecule has 1 fully saturated rings. The summed E-state index contributed by atoms with van der Waals surface area (Å²) in [6, 6.07) is 6.68. The van der Waals surface area contributed by atoms with Crippen LogP contribution in [-0.4, -0.2) is 28.1 Å². The highest BCUT2D eigenvalue weighted by Gasteiger charge is 2.16. The van der Waals surface area contributed by atoms with Gasteiger partial charge in [-0.25, -0.2) is 13.1 Å². The number of rotatable bonds is 5. The van der Waals surface area contributed by atoms with Gasteiger partial charge in [-0.15, -0.1) is 12.4 Å². The molecule has 4 nitrogen and oxygen atoms in total. The molecule has 0 aromatic heterocycles. The largest absolute Gasteiger partial charge is 0.316 e. The summed E-state index contributed by atoms with van der Waals surface area (Å²) in [7, 11) is -3.37. The normalized spacial score (nSPS) is 19.4. The highest BCUT2D eigenvalue weighted by molar-refractivity contribution is 9.10. The first-order valence-electron chi connectivity index (χ1n) is 6.54. The Labute approximate surface area is 135 Å². The summed E-state index contributed by atoms with van der Waals surface area (Å²) in [4.78, 5) is 0.317. The molecule has 1 heterocycles. The van der Waals surface area contributed by atoms with Crippen LogP contribution < -0.4 is 10.0 Å². The zero-order valence-corrected chi connectivity index (χ0v) is 14.4. The molecule has 2 N–H and O–H groups in total. The number of nitrogens with one attached hydrogen (secondary N) is 2. The predicted molar refractivity (Wildman–Crippen MR) is 86.8 cm³/mol. The molecule has 0 radical (unpaired) electrons. The summed E-state index contributed by atoms with van der Waals surface area (Å²) in [5.41, 5.74) is 0. The van der Waals surface area contributed by atoms with Crippen LogP contribution in [0.2, 0.25) is 0 Å². The molecule has 1 saturated heterocycles. The van der Waals surface area contributed by atoms with Crippen LogP contribution in [0.1, 0.15) is 19.3 Å². The van der Waals surface area contributed by atoms with Crippen molar-refractivity contribution in [3.63, 3.8) is 0 Å². The molecule has 1 aromatic carbocycles. The highest BCUT2D eigenvalue weighted by atomic mass is 79.9. The monoisotopic (exact) mass is 382 g/mol. The summed E-state index contributed by atoms with van der Waals surface area (Å²) in [5, 5.41) is 3.34. The third-order valence-electron chi connectivity index (χ3n) is 3.37. The van der Waals surface area contributed by atoms with E-state index in [2.05, 4.69) is 26.0 Å². The van der Waals surface area contributed by atoms with Crippen molar-refractivity contribution in [2.75, 3.05) is 19.6 Å². The molecule has 1 aromatic rings. The van der Waals surface area contributed by atoms with E-state index in [-0.39, 0.29) is 12.4 Å². The maximum Gasteiger partial charge on any atom is 0.240 e. The Balaban J connectivity index is 0.00000200. The topological polar surface area (TPSA) is 58.2 Å². The van der Waals surface area contributed by atoms with E-state index in [1.54, 1.807) is 24.3 Å². The average Bonchev–Trinajstić information content (AvgIpc) is 2.40. The highest BCUT2D eigenvalue weighted by Crippen LogP contribution is 2.16. The lowest BCUT2D eigenvalue weighted by Gasteiger charge is -2.22. The molecule has 1 aliphatic rings. The maximum atomic E-state index is 12.0. The average molecular weight is 384 g/mol. The molecule has 114 valence electrons. The number of halogens is 2. The van der Waals surface area contributed by atoms with Gasteiger partial charge in [-0.2, -0.15) is 0 Å². The van der Waals surface area contributed by atoms with Crippen LogP contribution in [0.4, 0.5) is 0 Å². The number of benzene rings is 1. The van der Waals surface area contributed by atoms with E-state index in [0.717, 1.165) is 24.0 Å². The standard InChI is InChI=1S/C13H19BrN2O2S.ClH/c14-12-3-5-13(6-4-12)19(17,18)16-9-7-11-2-1-8-15-10-11;/h3-6,11,15-16H,1-2,7-10H2;1H. The number of hydrogen-bond acceptors (Lipinski definition) is 3. The first kappa shape index (κ1) is 17.9. The lowest BCUT2D eigenvalue weighted by atomic mass is 9.96. The van der Waals surface area contributed by atoms with E-state index in [9.17, 15) is 8.42 Å². The van der Waals surface area contributed by atoms with Crippen molar-refractivity contribution in [2.45, 2.75) is 24.2 Å². The van der Waals surface area contributed by atoms with Gasteiger partial charge < -0.3 is 5.32 Å². The summed E-state index contributed by atoms with van der Waals surface area (Å²) in [6.45, 7) is 2.59. The van der Waals surface area contributed by atoms with E-state index in [1.807, 2.05) is 0 Å². The molecule has 0 bridgehead atoms. The van der Waals surface area contributed by atoms with E-state index < -0.39 is 10.0 Å². The number of piperidine rings is 1. The van der Waals surface area contributed by atoms with Crippen LogP contribution in [0.25, 0.3) is 0 Å². The second kappa shape index (κ2) is 8.34. The lowest BCUT2D eigenvalue weighted by molar-refractivity contribution is 0.358. The Bertz CT molecular complexity index is 502. The van der Waals surface area contributed by atoms with Crippen molar-refractivity contribution >= 4 is 38.4 Å². The van der Waals surface area contributed by atoms with E-state index >= 15 is 0 Å². The number of hydrogen-bond donors (Lipinski definition) is 2. The van der Waals surface area contributed by atoms with Crippen molar-refractivity contribution in [1.29, 1.82) is 0 Å². The molecule has 20 heavy (non-hydrogen) atoms. The zero-order valence-electron chi connectivity index (χ0n) is 11.1. The van der Waals surface area contributed by atoms with Gasteiger partial charge in [0.25, 0.3) is 0 Å². The minimum Gasteiger partial charge on any atom is -0.316 e. The fourth-order valence-electron chi connectivity index (χ4n) is 2.26. The van der Waals surface area contributed by atoms with Gasteiger partial charge in [-0.3, -0.25) is 0 Å². The van der Waals surface area contributed by atoms with Gasteiger partial charge in [0, 0.05) is 11.0 Å². The van der Waals surface area contributed by atoms with Gasteiger partial charge in [-0.05, 0) is 62.5 Å². The molecule has 1 aliphatic heterocycles. The van der Waals surface area contributed by atoms with Crippen LogP contribution in [0.15, 0.2) is 33.6 Å². The fraction of sp³-hybridized carbons (Fsp3) is 0.538.